The predicted octanol–water partition coefficient (Wildman–Crippen LogP) is 4.52. The van der Waals surface area contributed by atoms with Gasteiger partial charge < -0.3 is 14.8 Å². The zero-order valence-corrected chi connectivity index (χ0v) is 19.6. The first-order valence-electron chi connectivity index (χ1n) is 10.8. The molecule has 9 heteroatoms. The normalized spacial score (nSPS) is 13.9. The van der Waals surface area contributed by atoms with E-state index in [-0.39, 0.29) is 28.4 Å². The van der Waals surface area contributed by atoms with Gasteiger partial charge in [-0.3, -0.25) is 9.52 Å². The Morgan fingerprint density at radius 2 is 1.56 bits per heavy atom. The topological polar surface area (TPSA) is 93.7 Å². The summed E-state index contributed by atoms with van der Waals surface area (Å²) < 4.78 is 51.7. The molecule has 1 aliphatic rings. The van der Waals surface area contributed by atoms with Gasteiger partial charge in [0.1, 0.15) is 19.0 Å². The molecule has 4 rings (SSSR count). The summed E-state index contributed by atoms with van der Waals surface area (Å²) in [4.78, 5) is 12.9. The molecule has 1 heterocycles. The summed E-state index contributed by atoms with van der Waals surface area (Å²) in [5.74, 6) is 0.629. The summed E-state index contributed by atoms with van der Waals surface area (Å²) in [6.45, 7) is 5.00. The number of amides is 1. The fraction of sp³-hybridized carbons (Fsp3) is 0.240. The van der Waals surface area contributed by atoms with Gasteiger partial charge in [-0.05, 0) is 72.1 Å². The Hall–Kier alpha value is -3.59. The molecule has 3 aromatic carbocycles. The van der Waals surface area contributed by atoms with Crippen LogP contribution < -0.4 is 19.5 Å². The number of hydrogen-bond donors (Lipinski definition) is 2. The third-order valence-corrected chi connectivity index (χ3v) is 6.80. The average molecular weight is 485 g/mol. The summed E-state index contributed by atoms with van der Waals surface area (Å²) in [5.41, 5.74) is 1.57. The number of sulfonamides is 1. The Morgan fingerprint density at radius 1 is 0.912 bits per heavy atom. The van der Waals surface area contributed by atoms with Crippen LogP contribution in [0.15, 0.2) is 71.6 Å². The zero-order valence-electron chi connectivity index (χ0n) is 18.7. The van der Waals surface area contributed by atoms with Crippen LogP contribution in [0.4, 0.5) is 10.1 Å². The second-order valence-electron chi connectivity index (χ2n) is 8.24. The summed E-state index contributed by atoms with van der Waals surface area (Å²) in [7, 11) is -3.88. The standard InChI is InChI=1S/C25H25FN2O5S/c1-16(2)24(18-5-12-22-23(15-18)33-14-13-32-22)27-25(29)17-3-8-20(9-4-17)28-34(30,31)21-10-6-19(26)7-11-21/h3-12,15-16,24,28H,13-14H2,1-2H3,(H,27,29). The number of nitrogens with one attached hydrogen (secondary N) is 2. The van der Waals surface area contributed by atoms with Crippen LogP contribution in [0.25, 0.3) is 0 Å². The molecular weight excluding hydrogens is 459 g/mol. The highest BCUT2D eigenvalue weighted by Gasteiger charge is 2.22. The van der Waals surface area contributed by atoms with Gasteiger partial charge in [0.15, 0.2) is 11.5 Å². The maximum Gasteiger partial charge on any atom is 0.261 e. The van der Waals surface area contributed by atoms with Crippen LogP contribution in [0.5, 0.6) is 11.5 Å². The van der Waals surface area contributed by atoms with E-state index >= 15 is 0 Å². The van der Waals surface area contributed by atoms with Gasteiger partial charge in [0.25, 0.3) is 15.9 Å². The van der Waals surface area contributed by atoms with Crippen molar-refractivity contribution in [1.82, 2.24) is 5.32 Å². The lowest BCUT2D eigenvalue weighted by Gasteiger charge is -2.25. The molecule has 178 valence electrons. The third-order valence-electron chi connectivity index (χ3n) is 5.40. The smallest absolute Gasteiger partial charge is 0.261 e. The van der Waals surface area contributed by atoms with Gasteiger partial charge in [-0.1, -0.05) is 19.9 Å². The summed E-state index contributed by atoms with van der Waals surface area (Å²) in [5, 5.41) is 3.05. The van der Waals surface area contributed by atoms with Gasteiger partial charge in [0.2, 0.25) is 0 Å². The largest absolute Gasteiger partial charge is 0.486 e. The average Bonchev–Trinajstić information content (AvgIpc) is 2.82. The van der Waals surface area contributed by atoms with Crippen molar-refractivity contribution in [2.45, 2.75) is 24.8 Å². The highest BCUT2D eigenvalue weighted by Crippen LogP contribution is 2.34. The molecule has 7 nitrogen and oxygen atoms in total. The minimum Gasteiger partial charge on any atom is -0.486 e. The zero-order chi connectivity index (χ0) is 24.3. The van der Waals surface area contributed by atoms with Crippen LogP contribution in [0, 0.1) is 11.7 Å². The fourth-order valence-electron chi connectivity index (χ4n) is 3.63. The number of carbonyl (C=O) groups excluding carboxylic acids is 1. The summed E-state index contributed by atoms with van der Waals surface area (Å²) >= 11 is 0. The van der Waals surface area contributed by atoms with Crippen molar-refractivity contribution in [3.05, 3.63) is 83.7 Å². The quantitative estimate of drug-likeness (QED) is 0.514. The third kappa shape index (κ3) is 5.31. The lowest BCUT2D eigenvalue weighted by Crippen LogP contribution is -2.32. The molecule has 0 radical (unpaired) electrons. The number of anilines is 1. The molecule has 3 aromatic rings. The minimum absolute atomic E-state index is 0.0603. The lowest BCUT2D eigenvalue weighted by atomic mass is 9.95. The first-order chi connectivity index (χ1) is 16.2. The van der Waals surface area contributed by atoms with Gasteiger partial charge in [-0.25, -0.2) is 12.8 Å². The van der Waals surface area contributed by atoms with Gasteiger partial charge in [0.05, 0.1) is 10.9 Å². The fourth-order valence-corrected chi connectivity index (χ4v) is 4.69. The van der Waals surface area contributed by atoms with E-state index in [1.807, 2.05) is 32.0 Å². The molecule has 0 saturated heterocycles. The minimum atomic E-state index is -3.88. The number of carbonyl (C=O) groups is 1. The van der Waals surface area contributed by atoms with Gasteiger partial charge in [-0.2, -0.15) is 0 Å². The van der Waals surface area contributed by atoms with E-state index in [0.717, 1.165) is 17.7 Å². The van der Waals surface area contributed by atoms with Gasteiger partial charge in [0, 0.05) is 11.3 Å². The number of hydrogen-bond acceptors (Lipinski definition) is 5. The molecule has 0 aliphatic carbocycles. The highest BCUT2D eigenvalue weighted by molar-refractivity contribution is 7.92. The molecule has 1 amide bonds. The second kappa shape index (κ2) is 9.72. The monoisotopic (exact) mass is 484 g/mol. The first-order valence-corrected chi connectivity index (χ1v) is 12.3. The molecule has 0 spiro atoms. The maximum absolute atomic E-state index is 13.1. The highest BCUT2D eigenvalue weighted by atomic mass is 32.2. The predicted molar refractivity (Wildman–Crippen MR) is 126 cm³/mol. The Labute approximate surface area is 198 Å². The molecular formula is C25H25FN2O5S. The van der Waals surface area contributed by atoms with E-state index < -0.39 is 15.8 Å². The lowest BCUT2D eigenvalue weighted by molar-refractivity contribution is 0.0925. The van der Waals surface area contributed by atoms with Crippen molar-refractivity contribution >= 4 is 21.6 Å². The molecule has 2 N–H and O–H groups in total. The number of fused-ring (bicyclic) bond motifs is 1. The van der Waals surface area contributed by atoms with Crippen molar-refractivity contribution in [1.29, 1.82) is 0 Å². The molecule has 34 heavy (non-hydrogen) atoms. The van der Waals surface area contributed by atoms with Crippen molar-refractivity contribution in [3.8, 4) is 11.5 Å². The van der Waals surface area contributed by atoms with Crippen LogP contribution in [-0.2, 0) is 10.0 Å². The van der Waals surface area contributed by atoms with Crippen molar-refractivity contribution in [2.24, 2.45) is 5.92 Å². The summed E-state index contributed by atoms with van der Waals surface area (Å²) in [6, 6.07) is 16.0. The molecule has 0 bridgehead atoms. The van der Waals surface area contributed by atoms with Crippen LogP contribution in [-0.4, -0.2) is 27.5 Å². The number of rotatable bonds is 7. The van der Waals surface area contributed by atoms with Crippen molar-refractivity contribution in [2.75, 3.05) is 17.9 Å². The first kappa shape index (κ1) is 23.6. The van der Waals surface area contributed by atoms with E-state index in [2.05, 4.69) is 10.0 Å². The van der Waals surface area contributed by atoms with Crippen molar-refractivity contribution < 1.29 is 27.1 Å². The van der Waals surface area contributed by atoms with E-state index in [4.69, 9.17) is 9.47 Å². The van der Waals surface area contributed by atoms with Gasteiger partial charge >= 0.3 is 0 Å². The van der Waals surface area contributed by atoms with Crippen LogP contribution in [0.1, 0.15) is 35.8 Å². The number of halogens is 1. The van der Waals surface area contributed by atoms with E-state index in [1.165, 1.54) is 24.3 Å². The molecule has 0 fully saturated rings. The molecule has 1 unspecified atom stereocenters. The van der Waals surface area contributed by atoms with Crippen LogP contribution in [0.3, 0.4) is 0 Å². The van der Waals surface area contributed by atoms with Gasteiger partial charge in [-0.15, -0.1) is 0 Å². The molecule has 0 saturated carbocycles. The molecule has 1 atom stereocenters. The molecule has 1 aliphatic heterocycles. The Kier molecular flexibility index (Phi) is 6.74. The van der Waals surface area contributed by atoms with Crippen LogP contribution >= 0.6 is 0 Å². The molecule has 0 aromatic heterocycles. The van der Waals surface area contributed by atoms with E-state index in [1.54, 1.807) is 12.1 Å². The maximum atomic E-state index is 13.1. The van der Waals surface area contributed by atoms with Crippen LogP contribution in [0.2, 0.25) is 0 Å². The number of benzene rings is 3. The number of ether oxygens (including phenoxy) is 2. The SMILES string of the molecule is CC(C)C(NC(=O)c1ccc(NS(=O)(=O)c2ccc(F)cc2)cc1)c1ccc2c(c1)OCCO2. The van der Waals surface area contributed by atoms with E-state index in [9.17, 15) is 17.6 Å². The Bertz CT molecular complexity index is 1280. The summed E-state index contributed by atoms with van der Waals surface area (Å²) in [6.07, 6.45) is 0. The second-order valence-corrected chi connectivity index (χ2v) is 9.92. The van der Waals surface area contributed by atoms with Crippen molar-refractivity contribution in [3.63, 3.8) is 0 Å². The Morgan fingerprint density at radius 3 is 2.21 bits per heavy atom. The Balaban J connectivity index is 1.46. The van der Waals surface area contributed by atoms with E-state index in [0.29, 0.717) is 30.3 Å².